The summed E-state index contributed by atoms with van der Waals surface area (Å²) >= 11 is 0. The van der Waals surface area contributed by atoms with Crippen molar-refractivity contribution >= 4 is 0 Å². The minimum absolute atomic E-state index is 0.00216. The van der Waals surface area contributed by atoms with E-state index in [1.807, 2.05) is 0 Å². The molecule has 0 amide bonds. The molecule has 6 heteroatoms. The Morgan fingerprint density at radius 1 is 1.30 bits per heavy atom. The number of aromatic nitrogens is 2. The highest BCUT2D eigenvalue weighted by atomic mass is 19.1. The van der Waals surface area contributed by atoms with Gasteiger partial charge in [0.15, 0.2) is 0 Å². The van der Waals surface area contributed by atoms with Crippen LogP contribution in [0.2, 0.25) is 0 Å². The van der Waals surface area contributed by atoms with Crippen molar-refractivity contribution in [3.8, 4) is 5.75 Å². The summed E-state index contributed by atoms with van der Waals surface area (Å²) in [5, 5.41) is 20.2. The Morgan fingerprint density at radius 3 is 2.65 bits per heavy atom. The van der Waals surface area contributed by atoms with E-state index < -0.39 is 6.10 Å². The summed E-state index contributed by atoms with van der Waals surface area (Å²) in [7, 11) is 0. The molecule has 0 aliphatic heterocycles. The fraction of sp³-hybridized carbons (Fsp3) is 0.471. The standard InChI is InChI=1S/C17H24FN3O2/c1-17(2,3)16-12(9-20-21-16)8-19-10-14(22)11-23-15-6-4-13(18)5-7-15/h4-7,9,14,19,22H,8,10-11H2,1-3H3,(H,20,21). The van der Waals surface area contributed by atoms with Crippen molar-refractivity contribution < 1.29 is 14.2 Å². The van der Waals surface area contributed by atoms with E-state index in [1.165, 1.54) is 24.3 Å². The fourth-order valence-corrected chi connectivity index (χ4v) is 2.25. The Bertz CT molecular complexity index is 605. The van der Waals surface area contributed by atoms with Crippen LogP contribution < -0.4 is 10.1 Å². The summed E-state index contributed by atoms with van der Waals surface area (Å²) in [5.41, 5.74) is 2.17. The first kappa shape index (κ1) is 17.4. The maximum absolute atomic E-state index is 12.8. The van der Waals surface area contributed by atoms with Gasteiger partial charge in [-0.1, -0.05) is 20.8 Å². The lowest BCUT2D eigenvalue weighted by Gasteiger charge is -2.19. The third-order valence-corrected chi connectivity index (χ3v) is 3.42. The Balaban J connectivity index is 1.74. The van der Waals surface area contributed by atoms with Crippen LogP contribution in [-0.2, 0) is 12.0 Å². The molecule has 0 aliphatic rings. The molecule has 1 aromatic heterocycles. The van der Waals surface area contributed by atoms with Gasteiger partial charge in [0.25, 0.3) is 0 Å². The number of ether oxygens (including phenoxy) is 1. The monoisotopic (exact) mass is 321 g/mol. The van der Waals surface area contributed by atoms with Crippen molar-refractivity contribution in [3.63, 3.8) is 0 Å². The number of benzene rings is 1. The van der Waals surface area contributed by atoms with E-state index in [4.69, 9.17) is 4.74 Å². The van der Waals surface area contributed by atoms with Crippen molar-refractivity contribution in [2.75, 3.05) is 13.2 Å². The summed E-state index contributed by atoms with van der Waals surface area (Å²) in [6.07, 6.45) is 1.15. The van der Waals surface area contributed by atoms with Crippen molar-refractivity contribution in [2.24, 2.45) is 0 Å². The van der Waals surface area contributed by atoms with Crippen LogP contribution in [0.15, 0.2) is 30.5 Å². The first-order valence-corrected chi connectivity index (χ1v) is 7.66. The Hall–Kier alpha value is -1.92. The molecule has 0 spiro atoms. The van der Waals surface area contributed by atoms with Crippen LogP contribution in [0.1, 0.15) is 32.0 Å². The highest BCUT2D eigenvalue weighted by molar-refractivity contribution is 5.23. The molecule has 5 nitrogen and oxygen atoms in total. The van der Waals surface area contributed by atoms with Crippen LogP contribution in [0.5, 0.6) is 5.75 Å². The van der Waals surface area contributed by atoms with E-state index in [9.17, 15) is 9.50 Å². The number of nitrogens with one attached hydrogen (secondary N) is 2. The molecule has 126 valence electrons. The highest BCUT2D eigenvalue weighted by Crippen LogP contribution is 2.23. The smallest absolute Gasteiger partial charge is 0.123 e. The maximum Gasteiger partial charge on any atom is 0.123 e. The molecule has 0 saturated carbocycles. The Morgan fingerprint density at radius 2 is 2.00 bits per heavy atom. The number of rotatable bonds is 7. The molecule has 2 aromatic rings. The Kier molecular flexibility index (Phi) is 5.74. The van der Waals surface area contributed by atoms with E-state index in [0.717, 1.165) is 11.3 Å². The maximum atomic E-state index is 12.8. The van der Waals surface area contributed by atoms with Gasteiger partial charge in [-0.2, -0.15) is 5.10 Å². The number of aromatic amines is 1. The number of hydrogen-bond donors (Lipinski definition) is 3. The first-order chi connectivity index (χ1) is 10.9. The van der Waals surface area contributed by atoms with Crippen LogP contribution in [0, 0.1) is 5.82 Å². The van der Waals surface area contributed by atoms with E-state index in [2.05, 4.69) is 36.3 Å². The molecule has 0 bridgehead atoms. The van der Waals surface area contributed by atoms with E-state index in [1.54, 1.807) is 6.20 Å². The van der Waals surface area contributed by atoms with Crippen LogP contribution in [0.4, 0.5) is 4.39 Å². The van der Waals surface area contributed by atoms with Crippen molar-refractivity contribution in [1.29, 1.82) is 0 Å². The minimum atomic E-state index is -0.648. The van der Waals surface area contributed by atoms with Crippen molar-refractivity contribution in [3.05, 3.63) is 47.5 Å². The van der Waals surface area contributed by atoms with Crippen LogP contribution >= 0.6 is 0 Å². The van der Waals surface area contributed by atoms with Gasteiger partial charge in [-0.15, -0.1) is 0 Å². The average molecular weight is 321 g/mol. The second-order valence-corrected chi connectivity index (χ2v) is 6.57. The molecule has 1 aromatic carbocycles. The zero-order chi connectivity index (χ0) is 16.9. The van der Waals surface area contributed by atoms with E-state index in [-0.39, 0.29) is 17.8 Å². The predicted octanol–water partition coefficient (Wildman–Crippen LogP) is 2.38. The molecule has 1 heterocycles. The van der Waals surface area contributed by atoms with Gasteiger partial charge in [-0.05, 0) is 24.3 Å². The van der Waals surface area contributed by atoms with Gasteiger partial charge in [0.1, 0.15) is 24.3 Å². The van der Waals surface area contributed by atoms with Gasteiger partial charge < -0.3 is 15.2 Å². The molecular formula is C17H24FN3O2. The molecule has 1 unspecified atom stereocenters. The minimum Gasteiger partial charge on any atom is -0.491 e. The van der Waals surface area contributed by atoms with E-state index in [0.29, 0.717) is 18.8 Å². The second-order valence-electron chi connectivity index (χ2n) is 6.57. The predicted molar refractivity (Wildman–Crippen MR) is 86.9 cm³/mol. The van der Waals surface area contributed by atoms with Gasteiger partial charge in [0.2, 0.25) is 0 Å². The number of H-pyrrole nitrogens is 1. The largest absolute Gasteiger partial charge is 0.491 e. The van der Waals surface area contributed by atoms with Crippen LogP contribution in [-0.4, -0.2) is 34.6 Å². The number of halogens is 1. The third-order valence-electron chi connectivity index (χ3n) is 3.42. The van der Waals surface area contributed by atoms with Gasteiger partial charge in [-0.25, -0.2) is 4.39 Å². The molecular weight excluding hydrogens is 297 g/mol. The van der Waals surface area contributed by atoms with Gasteiger partial charge in [0, 0.05) is 29.8 Å². The molecule has 2 rings (SSSR count). The average Bonchev–Trinajstić information content (AvgIpc) is 2.95. The molecule has 0 fully saturated rings. The highest BCUT2D eigenvalue weighted by Gasteiger charge is 2.19. The molecule has 0 aliphatic carbocycles. The summed E-state index contributed by atoms with van der Waals surface area (Å²) in [5.74, 6) is 0.227. The van der Waals surface area contributed by atoms with E-state index >= 15 is 0 Å². The lowest BCUT2D eigenvalue weighted by molar-refractivity contribution is 0.106. The fourth-order valence-electron chi connectivity index (χ4n) is 2.25. The van der Waals surface area contributed by atoms with Crippen LogP contribution in [0.3, 0.4) is 0 Å². The zero-order valence-corrected chi connectivity index (χ0v) is 13.8. The molecule has 3 N–H and O–H groups in total. The topological polar surface area (TPSA) is 70.2 Å². The lowest BCUT2D eigenvalue weighted by atomic mass is 9.89. The first-order valence-electron chi connectivity index (χ1n) is 7.66. The summed E-state index contributed by atoms with van der Waals surface area (Å²) in [4.78, 5) is 0. The number of aliphatic hydroxyl groups is 1. The third kappa shape index (κ3) is 5.33. The van der Waals surface area contributed by atoms with Crippen LogP contribution in [0.25, 0.3) is 0 Å². The quantitative estimate of drug-likeness (QED) is 0.732. The number of nitrogens with zero attached hydrogens (tertiary/aromatic N) is 1. The summed E-state index contributed by atoms with van der Waals surface area (Å²) in [6, 6.07) is 5.73. The second kappa shape index (κ2) is 7.57. The molecule has 0 saturated heterocycles. The molecule has 23 heavy (non-hydrogen) atoms. The van der Waals surface area contributed by atoms with Crippen molar-refractivity contribution in [2.45, 2.75) is 38.8 Å². The Labute approximate surface area is 135 Å². The number of hydrogen-bond acceptors (Lipinski definition) is 4. The van der Waals surface area contributed by atoms with Crippen molar-refractivity contribution in [1.82, 2.24) is 15.5 Å². The normalized spacial score (nSPS) is 13.1. The summed E-state index contributed by atoms with van der Waals surface area (Å²) < 4.78 is 18.2. The lowest BCUT2D eigenvalue weighted by Crippen LogP contribution is -2.31. The number of aliphatic hydroxyl groups excluding tert-OH is 1. The molecule has 0 radical (unpaired) electrons. The molecule has 1 atom stereocenters. The van der Waals surface area contributed by atoms with Gasteiger partial charge in [0.05, 0.1) is 6.20 Å². The SMILES string of the molecule is CC(C)(C)c1[nH]ncc1CNCC(O)COc1ccc(F)cc1. The van der Waals surface area contributed by atoms with Gasteiger partial charge in [-0.3, -0.25) is 5.10 Å². The summed E-state index contributed by atoms with van der Waals surface area (Å²) in [6.45, 7) is 7.53. The van der Waals surface area contributed by atoms with Gasteiger partial charge >= 0.3 is 0 Å². The zero-order valence-electron chi connectivity index (χ0n) is 13.8.